The van der Waals surface area contributed by atoms with Crippen molar-refractivity contribution in [3.63, 3.8) is 0 Å². The molecule has 1 N–H and O–H groups in total. The summed E-state index contributed by atoms with van der Waals surface area (Å²) in [7, 11) is 0. The van der Waals surface area contributed by atoms with Crippen LogP contribution in [-0.4, -0.2) is 11.8 Å². The zero-order chi connectivity index (χ0) is 15.0. The maximum absolute atomic E-state index is 13.5. The van der Waals surface area contributed by atoms with Gasteiger partial charge in [-0.1, -0.05) is 30.9 Å². The maximum atomic E-state index is 13.5. The molecule has 2 fully saturated rings. The number of amides is 2. The summed E-state index contributed by atoms with van der Waals surface area (Å²) >= 11 is 6.06. The largest absolute Gasteiger partial charge is 0.273 e. The molecule has 1 spiro atoms. The van der Waals surface area contributed by atoms with Gasteiger partial charge < -0.3 is 0 Å². The lowest BCUT2D eigenvalue weighted by molar-refractivity contribution is -0.142. The molecule has 1 aromatic rings. The fourth-order valence-corrected chi connectivity index (χ4v) is 3.48. The third kappa shape index (κ3) is 2.50. The molecule has 1 aliphatic heterocycles. The SMILES string of the molecule is O=C1CC2(CCCCC2)C(=O)N(c2cc(F)ccc2Cl)N1. The molecule has 1 aliphatic carbocycles. The molecule has 0 unspecified atom stereocenters. The molecule has 2 amide bonds. The van der Waals surface area contributed by atoms with Crippen LogP contribution in [0.5, 0.6) is 0 Å². The van der Waals surface area contributed by atoms with E-state index in [9.17, 15) is 14.0 Å². The van der Waals surface area contributed by atoms with Crippen molar-refractivity contribution < 1.29 is 14.0 Å². The lowest BCUT2D eigenvalue weighted by Crippen LogP contribution is -2.60. The average Bonchev–Trinajstić information content (AvgIpc) is 2.47. The highest BCUT2D eigenvalue weighted by Crippen LogP contribution is 2.44. The number of hydrogen-bond acceptors (Lipinski definition) is 2. The number of carbonyl (C=O) groups excluding carboxylic acids is 2. The molecule has 1 aromatic carbocycles. The van der Waals surface area contributed by atoms with Crippen LogP contribution in [0.25, 0.3) is 0 Å². The van der Waals surface area contributed by atoms with Crippen molar-refractivity contribution in [1.82, 2.24) is 5.43 Å². The van der Waals surface area contributed by atoms with E-state index in [4.69, 9.17) is 11.6 Å². The molecule has 0 radical (unpaired) electrons. The lowest BCUT2D eigenvalue weighted by Gasteiger charge is -2.43. The van der Waals surface area contributed by atoms with E-state index in [2.05, 4.69) is 5.43 Å². The second kappa shape index (κ2) is 5.30. The second-order valence-corrected chi connectivity index (χ2v) is 6.20. The van der Waals surface area contributed by atoms with E-state index in [0.717, 1.165) is 24.3 Å². The number of nitrogens with zero attached hydrogens (tertiary/aromatic N) is 1. The van der Waals surface area contributed by atoms with E-state index in [1.165, 1.54) is 18.2 Å². The standard InChI is InChI=1S/C15H16ClFN2O2/c16-11-5-4-10(17)8-12(11)19-14(21)15(9-13(20)18-19)6-2-1-3-7-15/h4-5,8H,1-3,6-7,9H2,(H,18,20). The van der Waals surface area contributed by atoms with Gasteiger partial charge in [0.2, 0.25) is 5.91 Å². The number of nitrogens with one attached hydrogen (secondary N) is 1. The van der Waals surface area contributed by atoms with Crippen LogP contribution < -0.4 is 10.4 Å². The van der Waals surface area contributed by atoms with Crippen LogP contribution in [-0.2, 0) is 9.59 Å². The van der Waals surface area contributed by atoms with Gasteiger partial charge in [-0.05, 0) is 25.0 Å². The normalized spacial score (nSPS) is 21.5. The summed E-state index contributed by atoms with van der Waals surface area (Å²) in [5.41, 5.74) is 2.05. The van der Waals surface area contributed by atoms with Crippen LogP contribution in [0.3, 0.4) is 0 Å². The Balaban J connectivity index is 1.99. The third-order valence-corrected chi connectivity index (χ3v) is 4.67. The minimum Gasteiger partial charge on any atom is -0.273 e. The summed E-state index contributed by atoms with van der Waals surface area (Å²) in [4.78, 5) is 24.9. The van der Waals surface area contributed by atoms with Crippen LogP contribution in [0, 0.1) is 11.2 Å². The Morgan fingerprint density at radius 3 is 2.62 bits per heavy atom. The van der Waals surface area contributed by atoms with Gasteiger partial charge in [-0.2, -0.15) is 0 Å². The topological polar surface area (TPSA) is 49.4 Å². The van der Waals surface area contributed by atoms with Crippen molar-refractivity contribution in [3.05, 3.63) is 29.0 Å². The van der Waals surface area contributed by atoms with Crippen molar-refractivity contribution in [1.29, 1.82) is 0 Å². The zero-order valence-corrected chi connectivity index (χ0v) is 12.3. The number of carbonyl (C=O) groups is 2. The van der Waals surface area contributed by atoms with Gasteiger partial charge in [-0.3, -0.25) is 15.0 Å². The molecule has 0 bridgehead atoms. The van der Waals surface area contributed by atoms with Gasteiger partial charge in [0.25, 0.3) is 5.91 Å². The molecule has 2 aliphatic rings. The molecule has 21 heavy (non-hydrogen) atoms. The molecule has 1 saturated heterocycles. The van der Waals surface area contributed by atoms with Gasteiger partial charge in [0.15, 0.2) is 0 Å². The molecule has 6 heteroatoms. The number of rotatable bonds is 1. The first-order valence-electron chi connectivity index (χ1n) is 7.11. The molecule has 112 valence electrons. The maximum Gasteiger partial charge on any atom is 0.252 e. The van der Waals surface area contributed by atoms with Crippen LogP contribution in [0.2, 0.25) is 5.02 Å². The van der Waals surface area contributed by atoms with Crippen molar-refractivity contribution in [2.24, 2.45) is 5.41 Å². The van der Waals surface area contributed by atoms with Crippen molar-refractivity contribution in [3.8, 4) is 0 Å². The highest BCUT2D eigenvalue weighted by atomic mass is 35.5. The number of hydrazine groups is 1. The lowest BCUT2D eigenvalue weighted by atomic mass is 9.70. The van der Waals surface area contributed by atoms with Crippen molar-refractivity contribution in [2.45, 2.75) is 38.5 Å². The van der Waals surface area contributed by atoms with Gasteiger partial charge in [0, 0.05) is 12.5 Å². The van der Waals surface area contributed by atoms with E-state index >= 15 is 0 Å². The van der Waals surface area contributed by atoms with Crippen molar-refractivity contribution in [2.75, 3.05) is 5.01 Å². The molecule has 4 nitrogen and oxygen atoms in total. The number of hydrogen-bond donors (Lipinski definition) is 1. The van der Waals surface area contributed by atoms with Gasteiger partial charge >= 0.3 is 0 Å². The number of benzene rings is 1. The molecule has 1 heterocycles. The fourth-order valence-electron chi connectivity index (χ4n) is 3.28. The van der Waals surface area contributed by atoms with E-state index in [-0.39, 0.29) is 28.9 Å². The first-order chi connectivity index (χ1) is 10.0. The van der Waals surface area contributed by atoms with Crippen LogP contribution in [0.1, 0.15) is 38.5 Å². The second-order valence-electron chi connectivity index (χ2n) is 5.79. The summed E-state index contributed by atoms with van der Waals surface area (Å²) in [5, 5.41) is 1.36. The van der Waals surface area contributed by atoms with Gasteiger partial charge in [-0.25, -0.2) is 9.40 Å². The van der Waals surface area contributed by atoms with E-state index in [0.29, 0.717) is 12.8 Å². The molecule has 1 saturated carbocycles. The van der Waals surface area contributed by atoms with Crippen LogP contribution >= 0.6 is 11.6 Å². The first-order valence-corrected chi connectivity index (χ1v) is 7.49. The molecule has 0 atom stereocenters. The summed E-state index contributed by atoms with van der Waals surface area (Å²) in [6.45, 7) is 0. The highest BCUT2D eigenvalue weighted by Gasteiger charge is 2.48. The quantitative estimate of drug-likeness (QED) is 0.866. The fraction of sp³-hybridized carbons (Fsp3) is 0.467. The monoisotopic (exact) mass is 310 g/mol. The molecular formula is C15H16ClFN2O2. The summed E-state index contributed by atoms with van der Waals surface area (Å²) in [5.74, 6) is -0.911. The Bertz CT molecular complexity index is 599. The Morgan fingerprint density at radius 1 is 1.19 bits per heavy atom. The smallest absolute Gasteiger partial charge is 0.252 e. The Labute approximate surface area is 127 Å². The van der Waals surface area contributed by atoms with E-state index in [1.807, 2.05) is 0 Å². The highest BCUT2D eigenvalue weighted by molar-refractivity contribution is 6.34. The summed E-state index contributed by atoms with van der Waals surface area (Å²) < 4.78 is 13.5. The van der Waals surface area contributed by atoms with Gasteiger partial charge in [0.1, 0.15) is 5.82 Å². The number of anilines is 1. The predicted octanol–water partition coefficient (Wildman–Crippen LogP) is 3.20. The molecule has 3 rings (SSSR count). The van der Waals surface area contributed by atoms with Gasteiger partial charge in [0.05, 0.1) is 16.1 Å². The average molecular weight is 311 g/mol. The third-order valence-electron chi connectivity index (χ3n) is 4.35. The first kappa shape index (κ1) is 14.3. The Morgan fingerprint density at radius 2 is 1.90 bits per heavy atom. The Hall–Kier alpha value is -1.62. The minimum atomic E-state index is -0.657. The summed E-state index contributed by atoms with van der Waals surface area (Å²) in [6.07, 6.45) is 4.55. The molecule has 0 aromatic heterocycles. The van der Waals surface area contributed by atoms with Crippen LogP contribution in [0.15, 0.2) is 18.2 Å². The predicted molar refractivity (Wildman–Crippen MR) is 77.2 cm³/mol. The van der Waals surface area contributed by atoms with Gasteiger partial charge in [-0.15, -0.1) is 0 Å². The molecular weight excluding hydrogens is 295 g/mol. The number of halogens is 2. The Kier molecular flexibility index (Phi) is 3.61. The minimum absolute atomic E-state index is 0.186. The van der Waals surface area contributed by atoms with E-state index in [1.54, 1.807) is 0 Å². The van der Waals surface area contributed by atoms with Crippen molar-refractivity contribution >= 4 is 29.1 Å². The zero-order valence-electron chi connectivity index (χ0n) is 11.5. The summed E-state index contributed by atoms with van der Waals surface area (Å²) in [6, 6.07) is 3.77. The van der Waals surface area contributed by atoms with Crippen LogP contribution in [0.4, 0.5) is 10.1 Å². The van der Waals surface area contributed by atoms with E-state index < -0.39 is 11.2 Å².